The van der Waals surface area contributed by atoms with E-state index in [4.69, 9.17) is 0 Å². The first kappa shape index (κ1) is 14.5. The summed E-state index contributed by atoms with van der Waals surface area (Å²) >= 11 is 0. The Balaban J connectivity index is 2.07. The SMILES string of the molecule is CCC(C)C1CN(C(C)c2ccccc2C)CCN1. The first-order valence-corrected chi connectivity index (χ1v) is 7.66. The van der Waals surface area contributed by atoms with E-state index in [1.54, 1.807) is 0 Å². The lowest BCUT2D eigenvalue weighted by Crippen LogP contribution is -2.53. The standard InChI is InChI=1S/C17H28N2/c1-5-13(2)17-12-19(11-10-18-17)15(4)16-9-7-6-8-14(16)3/h6-9,13,15,17-18H,5,10-12H2,1-4H3. The van der Waals surface area contributed by atoms with Crippen LogP contribution in [0.4, 0.5) is 0 Å². The molecule has 1 aliphatic heterocycles. The van der Waals surface area contributed by atoms with E-state index < -0.39 is 0 Å². The van der Waals surface area contributed by atoms with Gasteiger partial charge < -0.3 is 5.32 Å². The van der Waals surface area contributed by atoms with Crippen molar-refractivity contribution in [2.75, 3.05) is 19.6 Å². The van der Waals surface area contributed by atoms with Crippen LogP contribution in [0.15, 0.2) is 24.3 Å². The number of nitrogens with one attached hydrogen (secondary N) is 1. The average Bonchev–Trinajstić information content (AvgIpc) is 2.46. The van der Waals surface area contributed by atoms with Gasteiger partial charge in [0.1, 0.15) is 0 Å². The van der Waals surface area contributed by atoms with Gasteiger partial charge in [-0.2, -0.15) is 0 Å². The molecule has 0 amide bonds. The van der Waals surface area contributed by atoms with Crippen LogP contribution in [0.1, 0.15) is 44.4 Å². The molecule has 0 radical (unpaired) electrons. The van der Waals surface area contributed by atoms with Crippen LogP contribution in [0, 0.1) is 12.8 Å². The number of piperazine rings is 1. The minimum Gasteiger partial charge on any atom is -0.311 e. The van der Waals surface area contributed by atoms with Gasteiger partial charge in [-0.25, -0.2) is 0 Å². The number of rotatable bonds is 4. The second-order valence-corrected chi connectivity index (χ2v) is 5.97. The van der Waals surface area contributed by atoms with E-state index >= 15 is 0 Å². The van der Waals surface area contributed by atoms with E-state index in [2.05, 4.69) is 62.2 Å². The molecule has 0 aliphatic carbocycles. The van der Waals surface area contributed by atoms with Gasteiger partial charge in [0.15, 0.2) is 0 Å². The molecule has 1 aliphatic rings. The molecular weight excluding hydrogens is 232 g/mol. The zero-order valence-corrected chi connectivity index (χ0v) is 12.8. The average molecular weight is 260 g/mol. The molecule has 0 aromatic heterocycles. The summed E-state index contributed by atoms with van der Waals surface area (Å²) in [5, 5.41) is 3.68. The predicted molar refractivity (Wildman–Crippen MR) is 82.4 cm³/mol. The quantitative estimate of drug-likeness (QED) is 0.893. The summed E-state index contributed by atoms with van der Waals surface area (Å²) in [5.41, 5.74) is 2.89. The van der Waals surface area contributed by atoms with E-state index in [1.807, 2.05) is 0 Å². The molecule has 19 heavy (non-hydrogen) atoms. The Labute approximate surface area is 118 Å². The highest BCUT2D eigenvalue weighted by molar-refractivity contribution is 5.28. The Bertz CT molecular complexity index is 402. The van der Waals surface area contributed by atoms with E-state index in [0.29, 0.717) is 12.1 Å². The van der Waals surface area contributed by atoms with Crippen molar-refractivity contribution in [3.05, 3.63) is 35.4 Å². The third-order valence-electron chi connectivity index (χ3n) is 4.75. The number of hydrogen-bond acceptors (Lipinski definition) is 2. The van der Waals surface area contributed by atoms with Crippen LogP contribution in [0.5, 0.6) is 0 Å². The van der Waals surface area contributed by atoms with Crippen LogP contribution < -0.4 is 5.32 Å². The second-order valence-electron chi connectivity index (χ2n) is 5.97. The number of nitrogens with zero attached hydrogens (tertiary/aromatic N) is 1. The highest BCUT2D eigenvalue weighted by atomic mass is 15.2. The summed E-state index contributed by atoms with van der Waals surface area (Å²) in [6, 6.07) is 9.96. The molecule has 2 nitrogen and oxygen atoms in total. The molecule has 1 fully saturated rings. The van der Waals surface area contributed by atoms with E-state index in [9.17, 15) is 0 Å². The fraction of sp³-hybridized carbons (Fsp3) is 0.647. The molecule has 1 N–H and O–H groups in total. The maximum Gasteiger partial charge on any atom is 0.0323 e. The normalized spacial score (nSPS) is 24.1. The zero-order valence-electron chi connectivity index (χ0n) is 12.8. The van der Waals surface area contributed by atoms with Crippen LogP contribution in [-0.2, 0) is 0 Å². The first-order valence-electron chi connectivity index (χ1n) is 7.66. The van der Waals surface area contributed by atoms with Crippen LogP contribution in [0.25, 0.3) is 0 Å². The Morgan fingerprint density at radius 3 is 2.74 bits per heavy atom. The van der Waals surface area contributed by atoms with Crippen molar-refractivity contribution in [2.24, 2.45) is 5.92 Å². The minimum absolute atomic E-state index is 0.523. The van der Waals surface area contributed by atoms with E-state index in [1.165, 1.54) is 24.1 Å². The highest BCUT2D eigenvalue weighted by Gasteiger charge is 2.26. The number of benzene rings is 1. The maximum atomic E-state index is 3.68. The van der Waals surface area contributed by atoms with Crippen molar-refractivity contribution in [1.29, 1.82) is 0 Å². The Kier molecular flexibility index (Phi) is 5.00. The van der Waals surface area contributed by atoms with Crippen molar-refractivity contribution in [2.45, 2.75) is 46.2 Å². The third-order valence-corrected chi connectivity index (χ3v) is 4.75. The zero-order chi connectivity index (χ0) is 13.8. The smallest absolute Gasteiger partial charge is 0.0323 e. The van der Waals surface area contributed by atoms with Crippen molar-refractivity contribution in [3.63, 3.8) is 0 Å². The summed E-state index contributed by atoms with van der Waals surface area (Å²) in [5.74, 6) is 0.756. The minimum atomic E-state index is 0.523. The summed E-state index contributed by atoms with van der Waals surface area (Å²) in [7, 11) is 0. The molecule has 1 aromatic carbocycles. The van der Waals surface area contributed by atoms with Crippen molar-refractivity contribution in [3.8, 4) is 0 Å². The van der Waals surface area contributed by atoms with Crippen LogP contribution in [-0.4, -0.2) is 30.6 Å². The van der Waals surface area contributed by atoms with Crippen LogP contribution in [0.2, 0.25) is 0 Å². The third kappa shape index (κ3) is 3.37. The fourth-order valence-electron chi connectivity index (χ4n) is 3.07. The van der Waals surface area contributed by atoms with Gasteiger partial charge in [-0.3, -0.25) is 4.90 Å². The molecular formula is C17H28N2. The Hall–Kier alpha value is -0.860. The molecule has 3 unspecified atom stereocenters. The Morgan fingerprint density at radius 2 is 2.05 bits per heavy atom. The van der Waals surface area contributed by atoms with E-state index in [0.717, 1.165) is 19.0 Å². The molecule has 0 saturated carbocycles. The van der Waals surface area contributed by atoms with E-state index in [-0.39, 0.29) is 0 Å². The van der Waals surface area contributed by atoms with Gasteiger partial charge >= 0.3 is 0 Å². The maximum absolute atomic E-state index is 3.68. The van der Waals surface area contributed by atoms with Gasteiger partial charge in [-0.1, -0.05) is 44.5 Å². The van der Waals surface area contributed by atoms with Crippen molar-refractivity contribution < 1.29 is 0 Å². The molecule has 3 atom stereocenters. The summed E-state index contributed by atoms with van der Waals surface area (Å²) < 4.78 is 0. The van der Waals surface area contributed by atoms with Gasteiger partial charge in [0.05, 0.1) is 0 Å². The van der Waals surface area contributed by atoms with Gasteiger partial charge in [0.25, 0.3) is 0 Å². The lowest BCUT2D eigenvalue weighted by Gasteiger charge is -2.40. The van der Waals surface area contributed by atoms with Crippen molar-refractivity contribution in [1.82, 2.24) is 10.2 Å². The van der Waals surface area contributed by atoms with Crippen LogP contribution in [0.3, 0.4) is 0 Å². The molecule has 1 saturated heterocycles. The van der Waals surface area contributed by atoms with Gasteiger partial charge in [-0.05, 0) is 30.9 Å². The predicted octanol–water partition coefficient (Wildman–Crippen LogP) is 3.38. The highest BCUT2D eigenvalue weighted by Crippen LogP contribution is 2.25. The topological polar surface area (TPSA) is 15.3 Å². The first-order chi connectivity index (χ1) is 9.13. The summed E-state index contributed by atoms with van der Waals surface area (Å²) in [6.07, 6.45) is 1.25. The summed E-state index contributed by atoms with van der Waals surface area (Å²) in [6.45, 7) is 12.7. The molecule has 0 spiro atoms. The van der Waals surface area contributed by atoms with Gasteiger partial charge in [0.2, 0.25) is 0 Å². The second kappa shape index (κ2) is 6.53. The lowest BCUT2D eigenvalue weighted by molar-refractivity contribution is 0.130. The van der Waals surface area contributed by atoms with Gasteiger partial charge in [0, 0.05) is 31.7 Å². The Morgan fingerprint density at radius 1 is 1.32 bits per heavy atom. The van der Waals surface area contributed by atoms with Crippen LogP contribution >= 0.6 is 0 Å². The fourth-order valence-corrected chi connectivity index (χ4v) is 3.07. The largest absolute Gasteiger partial charge is 0.311 e. The number of hydrogen-bond donors (Lipinski definition) is 1. The monoisotopic (exact) mass is 260 g/mol. The molecule has 0 bridgehead atoms. The lowest BCUT2D eigenvalue weighted by atomic mass is 9.94. The molecule has 106 valence electrons. The molecule has 2 rings (SSSR count). The molecule has 1 aromatic rings. The summed E-state index contributed by atoms with van der Waals surface area (Å²) in [4.78, 5) is 2.63. The van der Waals surface area contributed by atoms with Gasteiger partial charge in [-0.15, -0.1) is 0 Å². The molecule has 2 heteroatoms. The van der Waals surface area contributed by atoms with Crippen molar-refractivity contribution >= 4 is 0 Å². The molecule has 1 heterocycles. The number of aryl methyl sites for hydroxylation is 1.